The van der Waals surface area contributed by atoms with Crippen LogP contribution in [0.15, 0.2) is 6.07 Å². The van der Waals surface area contributed by atoms with Crippen molar-refractivity contribution in [2.24, 2.45) is 5.92 Å². The Morgan fingerprint density at radius 3 is 2.31 bits per heavy atom. The molecule has 0 radical (unpaired) electrons. The first-order valence-electron chi connectivity index (χ1n) is 14.0. The van der Waals surface area contributed by atoms with E-state index < -0.39 is 0 Å². The second kappa shape index (κ2) is 9.05. The third kappa shape index (κ3) is 4.80. The largest absolute Gasteiger partial charge is 0.349 e. The summed E-state index contributed by atoms with van der Waals surface area (Å²) < 4.78 is 2.42. The Hall–Kier alpha value is -2.17. The highest BCUT2D eigenvalue weighted by Gasteiger charge is 2.43. The standard InChI is InChI=1S/C30H44N4O/c1-19-25(32-28(29(3,4)5)33-26(19)30(6)15-16-30)24-17-23(27(35)31-22-13-10-14-22)20(2)34(24)18-21-11-8-7-9-12-21/h17,21-22H,7-16,18H2,1-6H3,(H,31,35). The van der Waals surface area contributed by atoms with Crippen LogP contribution < -0.4 is 5.32 Å². The van der Waals surface area contributed by atoms with Crippen LogP contribution in [0.1, 0.15) is 125 Å². The molecule has 3 fully saturated rings. The number of hydrogen-bond acceptors (Lipinski definition) is 3. The van der Waals surface area contributed by atoms with Crippen molar-refractivity contribution in [2.75, 3.05) is 0 Å². The molecule has 5 heteroatoms. The van der Waals surface area contributed by atoms with Crippen LogP contribution >= 0.6 is 0 Å². The first-order chi connectivity index (χ1) is 16.6. The maximum Gasteiger partial charge on any atom is 0.253 e. The lowest BCUT2D eigenvalue weighted by Gasteiger charge is -2.26. The Kier molecular flexibility index (Phi) is 6.34. The van der Waals surface area contributed by atoms with Gasteiger partial charge in [-0.1, -0.05) is 47.0 Å². The molecule has 0 atom stereocenters. The van der Waals surface area contributed by atoms with Gasteiger partial charge in [0.25, 0.3) is 5.91 Å². The van der Waals surface area contributed by atoms with Crippen molar-refractivity contribution in [1.29, 1.82) is 0 Å². The van der Waals surface area contributed by atoms with E-state index in [1.54, 1.807) is 0 Å². The summed E-state index contributed by atoms with van der Waals surface area (Å²) in [6.45, 7) is 14.2. The van der Waals surface area contributed by atoms with E-state index in [-0.39, 0.29) is 16.7 Å². The van der Waals surface area contributed by atoms with Crippen molar-refractivity contribution >= 4 is 5.91 Å². The maximum atomic E-state index is 13.3. The minimum atomic E-state index is -0.136. The van der Waals surface area contributed by atoms with Crippen molar-refractivity contribution in [3.8, 4) is 11.4 Å². The zero-order valence-electron chi connectivity index (χ0n) is 22.8. The lowest BCUT2D eigenvalue weighted by atomic mass is 9.89. The highest BCUT2D eigenvalue weighted by atomic mass is 16.1. The van der Waals surface area contributed by atoms with Gasteiger partial charge < -0.3 is 9.88 Å². The molecule has 1 N–H and O–H groups in total. The fraction of sp³-hybridized carbons (Fsp3) is 0.700. The second-order valence-electron chi connectivity index (χ2n) is 12.9. The van der Waals surface area contributed by atoms with Crippen LogP contribution in [-0.4, -0.2) is 26.5 Å². The lowest BCUT2D eigenvalue weighted by molar-refractivity contribution is 0.0916. The van der Waals surface area contributed by atoms with Gasteiger partial charge in [0.05, 0.1) is 22.6 Å². The van der Waals surface area contributed by atoms with E-state index in [0.717, 1.165) is 47.9 Å². The molecule has 0 bridgehead atoms. The first-order valence-corrected chi connectivity index (χ1v) is 14.0. The Bertz CT molecular complexity index is 1110. The monoisotopic (exact) mass is 476 g/mol. The fourth-order valence-corrected chi connectivity index (χ4v) is 5.86. The summed E-state index contributed by atoms with van der Waals surface area (Å²) in [6.07, 6.45) is 12.3. The van der Waals surface area contributed by atoms with E-state index in [4.69, 9.17) is 9.97 Å². The molecule has 2 heterocycles. The number of carbonyl (C=O) groups is 1. The summed E-state index contributed by atoms with van der Waals surface area (Å²) in [4.78, 5) is 23.7. The van der Waals surface area contributed by atoms with Crippen molar-refractivity contribution in [3.63, 3.8) is 0 Å². The van der Waals surface area contributed by atoms with Gasteiger partial charge in [-0.2, -0.15) is 0 Å². The number of rotatable bonds is 6. The average molecular weight is 477 g/mol. The number of nitrogens with one attached hydrogen (secondary N) is 1. The predicted molar refractivity (Wildman–Crippen MR) is 142 cm³/mol. The van der Waals surface area contributed by atoms with Gasteiger partial charge in [0.15, 0.2) is 0 Å². The number of aromatic nitrogens is 3. The van der Waals surface area contributed by atoms with Gasteiger partial charge in [-0.3, -0.25) is 4.79 Å². The van der Waals surface area contributed by atoms with Crippen molar-refractivity contribution in [1.82, 2.24) is 19.9 Å². The minimum Gasteiger partial charge on any atom is -0.349 e. The van der Waals surface area contributed by atoms with Gasteiger partial charge in [-0.05, 0) is 76.3 Å². The number of nitrogens with zero attached hydrogens (tertiary/aromatic N) is 3. The van der Waals surface area contributed by atoms with Crippen molar-refractivity contribution < 1.29 is 4.79 Å². The molecule has 5 nitrogen and oxygen atoms in total. The van der Waals surface area contributed by atoms with Gasteiger partial charge in [-0.15, -0.1) is 0 Å². The second-order valence-corrected chi connectivity index (χ2v) is 12.9. The van der Waals surface area contributed by atoms with Crippen LogP contribution in [0.4, 0.5) is 0 Å². The van der Waals surface area contributed by atoms with Gasteiger partial charge in [0.1, 0.15) is 5.82 Å². The lowest BCUT2D eigenvalue weighted by Crippen LogP contribution is -2.39. The molecule has 3 saturated carbocycles. The Morgan fingerprint density at radius 2 is 1.74 bits per heavy atom. The van der Waals surface area contributed by atoms with E-state index in [9.17, 15) is 4.79 Å². The Morgan fingerprint density at radius 1 is 1.06 bits per heavy atom. The quantitative estimate of drug-likeness (QED) is 0.500. The number of hydrogen-bond donors (Lipinski definition) is 1. The van der Waals surface area contributed by atoms with Gasteiger partial charge >= 0.3 is 0 Å². The minimum absolute atomic E-state index is 0.0768. The third-order valence-electron chi connectivity index (χ3n) is 8.85. The molecule has 2 aromatic rings. The highest BCUT2D eigenvalue weighted by Crippen LogP contribution is 2.49. The van der Waals surface area contributed by atoms with Crippen LogP contribution in [-0.2, 0) is 17.4 Å². The Labute approximate surface area is 211 Å². The molecule has 0 aliphatic heterocycles. The summed E-state index contributed by atoms with van der Waals surface area (Å²) >= 11 is 0. The van der Waals surface area contributed by atoms with E-state index in [2.05, 4.69) is 57.5 Å². The van der Waals surface area contributed by atoms with Crippen LogP contribution in [0.25, 0.3) is 11.4 Å². The smallest absolute Gasteiger partial charge is 0.253 e. The van der Waals surface area contributed by atoms with Crippen LogP contribution in [0.3, 0.4) is 0 Å². The van der Waals surface area contributed by atoms with Crippen LogP contribution in [0.2, 0.25) is 0 Å². The van der Waals surface area contributed by atoms with E-state index in [1.807, 2.05) is 0 Å². The summed E-state index contributed by atoms with van der Waals surface area (Å²) in [6, 6.07) is 2.47. The molecule has 0 unspecified atom stereocenters. The molecule has 3 aliphatic rings. The fourth-order valence-electron chi connectivity index (χ4n) is 5.86. The van der Waals surface area contributed by atoms with E-state index >= 15 is 0 Å². The molecule has 35 heavy (non-hydrogen) atoms. The Balaban J connectivity index is 1.63. The molecule has 0 spiro atoms. The maximum absolute atomic E-state index is 13.3. The van der Waals surface area contributed by atoms with E-state index in [1.165, 1.54) is 62.6 Å². The van der Waals surface area contributed by atoms with Crippen molar-refractivity contribution in [3.05, 3.63) is 34.4 Å². The average Bonchev–Trinajstić information content (AvgIpc) is 3.45. The van der Waals surface area contributed by atoms with Crippen LogP contribution in [0.5, 0.6) is 0 Å². The highest BCUT2D eigenvalue weighted by molar-refractivity contribution is 5.97. The topological polar surface area (TPSA) is 59.8 Å². The molecular weight excluding hydrogens is 432 g/mol. The molecule has 2 aromatic heterocycles. The van der Waals surface area contributed by atoms with Crippen LogP contribution in [0, 0.1) is 19.8 Å². The number of carbonyl (C=O) groups excluding carboxylic acids is 1. The predicted octanol–water partition coefficient (Wildman–Crippen LogP) is 6.77. The van der Waals surface area contributed by atoms with Gasteiger partial charge in [0, 0.05) is 29.1 Å². The molecule has 190 valence electrons. The normalized spacial score (nSPS) is 20.5. The van der Waals surface area contributed by atoms with Gasteiger partial charge in [0.2, 0.25) is 0 Å². The molecule has 5 rings (SSSR count). The zero-order chi connectivity index (χ0) is 25.0. The molecule has 1 amide bonds. The molecular formula is C30H44N4O. The molecule has 0 aromatic carbocycles. The summed E-state index contributed by atoms with van der Waals surface area (Å²) in [5.41, 5.74) is 6.43. The van der Waals surface area contributed by atoms with E-state index in [0.29, 0.717) is 12.0 Å². The molecule has 3 aliphatic carbocycles. The summed E-state index contributed by atoms with van der Waals surface area (Å²) in [5, 5.41) is 3.28. The summed E-state index contributed by atoms with van der Waals surface area (Å²) in [5.74, 6) is 1.65. The summed E-state index contributed by atoms with van der Waals surface area (Å²) in [7, 11) is 0. The van der Waals surface area contributed by atoms with Crippen molar-refractivity contribution in [2.45, 2.75) is 129 Å². The number of amides is 1. The zero-order valence-corrected chi connectivity index (χ0v) is 22.8. The SMILES string of the molecule is Cc1c(-c2cc(C(=O)NC3CCC3)c(C)n2CC2CCCCC2)nc(C(C)(C)C)nc1C1(C)CC1. The third-order valence-corrected chi connectivity index (χ3v) is 8.85. The van der Waals surface area contributed by atoms with Gasteiger partial charge in [-0.25, -0.2) is 9.97 Å². The first kappa shape index (κ1) is 24.5. The molecule has 0 saturated heterocycles.